The number of nitriles is 1. The second-order valence-corrected chi connectivity index (χ2v) is 8.33. The van der Waals surface area contributed by atoms with E-state index in [1.165, 1.54) is 11.6 Å². The van der Waals surface area contributed by atoms with Crippen LogP contribution in [0.2, 0.25) is 10.0 Å². The van der Waals surface area contributed by atoms with Crippen molar-refractivity contribution in [2.75, 3.05) is 0 Å². The van der Waals surface area contributed by atoms with Gasteiger partial charge in [-0.15, -0.1) is 11.3 Å². The molecular formula is C18H16Cl2N2O2S. The molecule has 0 spiro atoms. The van der Waals surface area contributed by atoms with Gasteiger partial charge in [0.05, 0.1) is 4.53 Å². The van der Waals surface area contributed by atoms with Gasteiger partial charge in [-0.3, -0.25) is 9.59 Å². The normalized spacial score (nSPS) is 13.6. The molecule has 0 N–H and O–H groups in total. The van der Waals surface area contributed by atoms with Crippen LogP contribution < -0.4 is 14.8 Å². The lowest BCUT2D eigenvalue weighted by Crippen LogP contribution is -2.32. The standard InChI is InChI=1S/C18H16Cl2N2O2S/c1-18(2,3)15(23)11(9-21)17-22(4)16(24)14(25-17)8-10-12(19)6-5-7-13(10)20/h5-8H,1-4H3/b14-8-,17-11-. The predicted molar refractivity (Wildman–Crippen MR) is 102 cm³/mol. The summed E-state index contributed by atoms with van der Waals surface area (Å²) in [4.78, 5) is 25.0. The molecule has 0 unspecified atom stereocenters. The van der Waals surface area contributed by atoms with E-state index >= 15 is 0 Å². The minimum absolute atomic E-state index is 0.0259. The van der Waals surface area contributed by atoms with Crippen LogP contribution in [0.4, 0.5) is 0 Å². The van der Waals surface area contributed by atoms with Gasteiger partial charge in [-0.2, -0.15) is 5.26 Å². The van der Waals surface area contributed by atoms with Crippen molar-refractivity contribution in [3.05, 3.63) is 53.4 Å². The maximum absolute atomic E-state index is 12.5. The topological polar surface area (TPSA) is 62.9 Å². The first kappa shape index (κ1) is 19.5. The van der Waals surface area contributed by atoms with Crippen molar-refractivity contribution in [3.63, 3.8) is 0 Å². The molecule has 2 rings (SSSR count). The van der Waals surface area contributed by atoms with Crippen LogP contribution in [-0.4, -0.2) is 10.4 Å². The summed E-state index contributed by atoms with van der Waals surface area (Å²) < 4.78 is 1.98. The Labute approximate surface area is 159 Å². The van der Waals surface area contributed by atoms with E-state index in [1.54, 1.807) is 45.0 Å². The van der Waals surface area contributed by atoms with Crippen LogP contribution in [0.3, 0.4) is 0 Å². The molecule has 0 aliphatic rings. The van der Waals surface area contributed by atoms with E-state index in [-0.39, 0.29) is 16.9 Å². The maximum Gasteiger partial charge on any atom is 0.268 e. The molecule has 4 nitrogen and oxygen atoms in total. The molecule has 0 saturated carbocycles. The molecular weight excluding hydrogens is 379 g/mol. The zero-order chi connectivity index (χ0) is 18.9. The van der Waals surface area contributed by atoms with Gasteiger partial charge in [0, 0.05) is 28.1 Å². The Bertz CT molecular complexity index is 1050. The van der Waals surface area contributed by atoms with Crippen LogP contribution in [0.1, 0.15) is 26.3 Å². The summed E-state index contributed by atoms with van der Waals surface area (Å²) in [5.74, 6) is -0.311. The van der Waals surface area contributed by atoms with Gasteiger partial charge in [-0.1, -0.05) is 50.0 Å². The van der Waals surface area contributed by atoms with Gasteiger partial charge in [0.25, 0.3) is 5.56 Å². The average Bonchev–Trinajstić information content (AvgIpc) is 2.79. The minimum Gasteiger partial charge on any atom is -0.301 e. The van der Waals surface area contributed by atoms with Gasteiger partial charge in [0.2, 0.25) is 0 Å². The third-order valence-corrected chi connectivity index (χ3v) is 5.38. The lowest BCUT2D eigenvalue weighted by Gasteiger charge is -2.15. The molecule has 1 aromatic heterocycles. The number of Topliss-reactive ketones (excluding diaryl/α,β-unsaturated/α-hetero) is 1. The second kappa shape index (κ2) is 7.17. The summed E-state index contributed by atoms with van der Waals surface area (Å²) in [5, 5.41) is 10.3. The molecule has 0 bridgehead atoms. The zero-order valence-electron chi connectivity index (χ0n) is 14.2. The average molecular weight is 395 g/mol. The number of carbonyl (C=O) groups is 1. The molecule has 25 heavy (non-hydrogen) atoms. The fourth-order valence-corrected chi connectivity index (χ4v) is 3.71. The zero-order valence-corrected chi connectivity index (χ0v) is 16.5. The summed E-state index contributed by atoms with van der Waals surface area (Å²) in [6, 6.07) is 7.01. The number of aromatic nitrogens is 1. The van der Waals surface area contributed by atoms with E-state index in [4.69, 9.17) is 23.2 Å². The van der Waals surface area contributed by atoms with Crippen LogP contribution in [0.25, 0.3) is 11.6 Å². The molecule has 1 heterocycles. The highest BCUT2D eigenvalue weighted by Crippen LogP contribution is 2.24. The number of rotatable bonds is 2. The molecule has 0 aliphatic heterocycles. The van der Waals surface area contributed by atoms with E-state index in [0.29, 0.717) is 24.8 Å². The number of halogens is 2. The van der Waals surface area contributed by atoms with E-state index in [2.05, 4.69) is 0 Å². The summed E-state index contributed by atoms with van der Waals surface area (Å²) >= 11 is 13.4. The summed E-state index contributed by atoms with van der Waals surface area (Å²) in [5.41, 5.74) is -0.537. The number of ketones is 1. The quantitative estimate of drug-likeness (QED) is 0.786. The molecule has 130 valence electrons. The third-order valence-electron chi connectivity index (χ3n) is 3.54. The van der Waals surface area contributed by atoms with Crippen molar-refractivity contribution in [2.24, 2.45) is 12.5 Å². The van der Waals surface area contributed by atoms with E-state index < -0.39 is 5.41 Å². The summed E-state index contributed by atoms with van der Waals surface area (Å²) in [6.07, 6.45) is 1.58. The Morgan fingerprint density at radius 3 is 2.32 bits per heavy atom. The first-order chi connectivity index (χ1) is 11.6. The Morgan fingerprint density at radius 1 is 1.28 bits per heavy atom. The molecule has 0 saturated heterocycles. The number of nitrogens with zero attached hydrogens (tertiary/aromatic N) is 2. The largest absolute Gasteiger partial charge is 0.301 e. The van der Waals surface area contributed by atoms with Crippen molar-refractivity contribution < 1.29 is 4.79 Å². The fraction of sp³-hybridized carbons (Fsp3) is 0.278. The SMILES string of the molecule is Cn1c(=O)/c(=C/c2c(Cl)cccc2Cl)s/c1=C(/C#N)C(=O)C(C)(C)C. The lowest BCUT2D eigenvalue weighted by atomic mass is 9.87. The fourth-order valence-electron chi connectivity index (χ4n) is 2.13. The number of benzene rings is 1. The molecule has 0 aliphatic carbocycles. The van der Waals surface area contributed by atoms with Gasteiger partial charge in [-0.05, 0) is 18.2 Å². The number of carbonyl (C=O) groups excluding carboxylic acids is 1. The highest BCUT2D eigenvalue weighted by atomic mass is 35.5. The van der Waals surface area contributed by atoms with Crippen molar-refractivity contribution in [1.82, 2.24) is 4.57 Å². The molecule has 0 radical (unpaired) electrons. The van der Waals surface area contributed by atoms with E-state index in [1.807, 2.05) is 6.07 Å². The number of hydrogen-bond acceptors (Lipinski definition) is 4. The smallest absolute Gasteiger partial charge is 0.268 e. The van der Waals surface area contributed by atoms with Crippen LogP contribution in [0.5, 0.6) is 0 Å². The summed E-state index contributed by atoms with van der Waals surface area (Å²) in [7, 11) is 1.53. The second-order valence-electron chi connectivity index (χ2n) is 6.48. The summed E-state index contributed by atoms with van der Waals surface area (Å²) in [6.45, 7) is 5.19. The van der Waals surface area contributed by atoms with Crippen molar-refractivity contribution in [2.45, 2.75) is 20.8 Å². The molecule has 0 amide bonds. The Hall–Kier alpha value is -1.87. The Balaban J connectivity index is 2.85. The van der Waals surface area contributed by atoms with Gasteiger partial charge < -0.3 is 4.57 Å². The van der Waals surface area contributed by atoms with Crippen LogP contribution in [0.15, 0.2) is 23.0 Å². The third kappa shape index (κ3) is 3.87. The monoisotopic (exact) mass is 394 g/mol. The maximum atomic E-state index is 12.5. The Morgan fingerprint density at radius 2 is 1.84 bits per heavy atom. The van der Waals surface area contributed by atoms with Gasteiger partial charge >= 0.3 is 0 Å². The predicted octanol–water partition coefficient (Wildman–Crippen LogP) is 2.87. The molecule has 0 atom stereocenters. The first-order valence-corrected chi connectivity index (χ1v) is 8.96. The highest BCUT2D eigenvalue weighted by molar-refractivity contribution is 7.07. The number of thiazole rings is 1. The van der Waals surface area contributed by atoms with Crippen LogP contribution >= 0.6 is 34.5 Å². The molecule has 2 aromatic rings. The number of hydrogen-bond donors (Lipinski definition) is 0. The first-order valence-electron chi connectivity index (χ1n) is 7.38. The van der Waals surface area contributed by atoms with Crippen molar-refractivity contribution in [3.8, 4) is 6.07 Å². The van der Waals surface area contributed by atoms with Crippen LogP contribution in [-0.2, 0) is 11.8 Å². The van der Waals surface area contributed by atoms with Gasteiger partial charge in [0.1, 0.15) is 16.3 Å². The van der Waals surface area contributed by atoms with Crippen LogP contribution in [0, 0.1) is 16.7 Å². The lowest BCUT2D eigenvalue weighted by molar-refractivity contribution is -0.120. The molecule has 1 aromatic carbocycles. The van der Waals surface area contributed by atoms with Gasteiger partial charge in [-0.25, -0.2) is 0 Å². The van der Waals surface area contributed by atoms with Crippen molar-refractivity contribution in [1.29, 1.82) is 5.26 Å². The Kier molecular flexibility index (Phi) is 5.58. The van der Waals surface area contributed by atoms with E-state index in [9.17, 15) is 14.9 Å². The van der Waals surface area contributed by atoms with Crippen molar-refractivity contribution >= 4 is 52.0 Å². The molecule has 7 heteroatoms. The highest BCUT2D eigenvalue weighted by Gasteiger charge is 2.27. The molecule has 0 fully saturated rings. The van der Waals surface area contributed by atoms with Gasteiger partial charge in [0.15, 0.2) is 5.78 Å². The van der Waals surface area contributed by atoms with E-state index in [0.717, 1.165) is 11.3 Å². The minimum atomic E-state index is -0.721.